The fourth-order valence-electron chi connectivity index (χ4n) is 2.25. The average molecular weight is 347 g/mol. The number of carbonyl (C=O) groups excluding carboxylic acids is 1. The van der Waals surface area contributed by atoms with Gasteiger partial charge in [0.2, 0.25) is 15.9 Å². The molecule has 0 bridgehead atoms. The molecule has 0 aliphatic carbocycles. The van der Waals surface area contributed by atoms with E-state index in [9.17, 15) is 18.0 Å². The first kappa shape index (κ1) is 16.7. The van der Waals surface area contributed by atoms with E-state index in [0.717, 1.165) is 10.4 Å². The van der Waals surface area contributed by atoms with Gasteiger partial charge in [-0.1, -0.05) is 11.6 Å². The maximum Gasteiger partial charge on any atom is 0.336 e. The molecule has 2 N–H and O–H groups in total. The van der Waals surface area contributed by atoms with Gasteiger partial charge in [-0.2, -0.15) is 4.31 Å². The van der Waals surface area contributed by atoms with Crippen molar-refractivity contribution in [3.8, 4) is 0 Å². The van der Waals surface area contributed by atoms with Crippen LogP contribution in [0.1, 0.15) is 22.8 Å². The molecule has 22 heavy (non-hydrogen) atoms. The smallest absolute Gasteiger partial charge is 0.336 e. The molecule has 9 heteroatoms. The molecule has 1 aliphatic rings. The molecule has 1 aliphatic heterocycles. The summed E-state index contributed by atoms with van der Waals surface area (Å²) in [6, 6.07) is 1.41. The summed E-state index contributed by atoms with van der Waals surface area (Å²) >= 11 is 5.95. The van der Waals surface area contributed by atoms with E-state index in [1.54, 1.807) is 0 Å². The summed E-state index contributed by atoms with van der Waals surface area (Å²) in [5.41, 5.74) is 0.109. The summed E-state index contributed by atoms with van der Waals surface area (Å²) in [7, 11) is -4.01. The minimum Gasteiger partial charge on any atom is -0.478 e. The van der Waals surface area contributed by atoms with Crippen LogP contribution in [-0.2, 0) is 14.8 Å². The van der Waals surface area contributed by atoms with Crippen LogP contribution in [0.15, 0.2) is 17.0 Å². The molecule has 1 fully saturated rings. The van der Waals surface area contributed by atoms with Crippen LogP contribution < -0.4 is 5.32 Å². The zero-order chi connectivity index (χ0) is 16.7. The third kappa shape index (κ3) is 2.81. The number of hydrogen-bond acceptors (Lipinski definition) is 4. The van der Waals surface area contributed by atoms with E-state index in [1.165, 1.54) is 19.9 Å². The molecule has 0 aromatic heterocycles. The SMILES string of the molecule is Cc1c(Cl)cc(S(=O)(=O)N2CCNC(=O)C2C)cc1C(=O)O. The topological polar surface area (TPSA) is 104 Å². The second-order valence-corrected chi connectivity index (χ2v) is 7.26. The number of halogens is 1. The minimum absolute atomic E-state index is 0.0487. The van der Waals surface area contributed by atoms with E-state index in [2.05, 4.69) is 5.32 Å². The number of nitrogens with zero attached hydrogens (tertiary/aromatic N) is 1. The van der Waals surface area contributed by atoms with Crippen molar-refractivity contribution in [1.29, 1.82) is 0 Å². The lowest BCUT2D eigenvalue weighted by Gasteiger charge is -2.31. The Bertz CT molecular complexity index is 747. The van der Waals surface area contributed by atoms with Crippen LogP contribution in [0, 0.1) is 6.92 Å². The van der Waals surface area contributed by atoms with E-state index in [4.69, 9.17) is 16.7 Å². The average Bonchev–Trinajstić information content (AvgIpc) is 2.43. The van der Waals surface area contributed by atoms with E-state index < -0.39 is 27.9 Å². The van der Waals surface area contributed by atoms with Crippen LogP contribution >= 0.6 is 11.6 Å². The number of carboxylic acid groups (broad SMARTS) is 1. The van der Waals surface area contributed by atoms with Gasteiger partial charge in [-0.25, -0.2) is 13.2 Å². The van der Waals surface area contributed by atoms with Crippen molar-refractivity contribution in [1.82, 2.24) is 9.62 Å². The number of hydrogen-bond donors (Lipinski definition) is 2. The Hall–Kier alpha value is -1.64. The fourth-order valence-corrected chi connectivity index (χ4v) is 4.18. The number of aromatic carboxylic acids is 1. The van der Waals surface area contributed by atoms with Crippen molar-refractivity contribution in [2.75, 3.05) is 13.1 Å². The maximum atomic E-state index is 12.7. The summed E-state index contributed by atoms with van der Waals surface area (Å²) in [5, 5.41) is 11.8. The zero-order valence-electron chi connectivity index (χ0n) is 12.0. The van der Waals surface area contributed by atoms with E-state index in [-0.39, 0.29) is 34.1 Å². The molecule has 1 heterocycles. The van der Waals surface area contributed by atoms with Gasteiger partial charge in [0.25, 0.3) is 0 Å². The largest absolute Gasteiger partial charge is 0.478 e. The second kappa shape index (κ2) is 5.86. The third-order valence-electron chi connectivity index (χ3n) is 3.60. The predicted octanol–water partition coefficient (Wildman–Crippen LogP) is 0.856. The Labute approximate surface area is 132 Å². The van der Waals surface area contributed by atoms with Gasteiger partial charge in [-0.05, 0) is 31.5 Å². The number of amides is 1. The van der Waals surface area contributed by atoms with Gasteiger partial charge >= 0.3 is 5.97 Å². The lowest BCUT2D eigenvalue weighted by molar-refractivity contribution is -0.126. The number of carboxylic acids is 1. The first-order valence-corrected chi connectivity index (χ1v) is 8.31. The van der Waals surface area contributed by atoms with Gasteiger partial charge in [-0.15, -0.1) is 0 Å². The molecular formula is C13H15ClN2O5S. The van der Waals surface area contributed by atoms with Gasteiger partial charge in [-0.3, -0.25) is 4.79 Å². The van der Waals surface area contributed by atoms with Gasteiger partial charge in [0.15, 0.2) is 0 Å². The zero-order valence-corrected chi connectivity index (χ0v) is 13.5. The van der Waals surface area contributed by atoms with Crippen molar-refractivity contribution in [2.45, 2.75) is 24.8 Å². The van der Waals surface area contributed by atoms with Gasteiger partial charge in [0, 0.05) is 18.1 Å². The highest BCUT2D eigenvalue weighted by Crippen LogP contribution is 2.27. The van der Waals surface area contributed by atoms with E-state index >= 15 is 0 Å². The monoisotopic (exact) mass is 346 g/mol. The van der Waals surface area contributed by atoms with Crippen molar-refractivity contribution >= 4 is 33.5 Å². The van der Waals surface area contributed by atoms with Gasteiger partial charge in [0.1, 0.15) is 6.04 Å². The summed E-state index contributed by atoms with van der Waals surface area (Å²) < 4.78 is 26.4. The van der Waals surface area contributed by atoms with Crippen molar-refractivity contribution in [2.24, 2.45) is 0 Å². The third-order valence-corrected chi connectivity index (χ3v) is 5.94. The van der Waals surface area contributed by atoms with Crippen LogP contribution in [0.4, 0.5) is 0 Å². The summed E-state index contributed by atoms with van der Waals surface area (Å²) in [6.07, 6.45) is 0. The Morgan fingerprint density at radius 2 is 2.09 bits per heavy atom. The molecule has 1 unspecified atom stereocenters. The first-order chi connectivity index (χ1) is 10.2. The van der Waals surface area contributed by atoms with Crippen molar-refractivity contribution in [3.63, 3.8) is 0 Å². The summed E-state index contributed by atoms with van der Waals surface area (Å²) in [5.74, 6) is -1.66. The first-order valence-electron chi connectivity index (χ1n) is 6.49. The Balaban J connectivity index is 2.54. The molecule has 1 atom stereocenters. The van der Waals surface area contributed by atoms with Crippen LogP contribution in [0.2, 0.25) is 5.02 Å². The Morgan fingerprint density at radius 3 is 2.68 bits per heavy atom. The number of sulfonamides is 1. The highest BCUT2D eigenvalue weighted by Gasteiger charge is 2.36. The quantitative estimate of drug-likeness (QED) is 0.844. The molecular weight excluding hydrogens is 332 g/mol. The summed E-state index contributed by atoms with van der Waals surface area (Å²) in [4.78, 5) is 22.6. The number of benzene rings is 1. The Kier molecular flexibility index (Phi) is 4.46. The van der Waals surface area contributed by atoms with Crippen LogP contribution in [-0.4, -0.2) is 48.8 Å². The maximum absolute atomic E-state index is 12.7. The van der Waals surface area contributed by atoms with Gasteiger partial charge < -0.3 is 10.4 Å². The predicted molar refractivity (Wildman–Crippen MR) is 79.5 cm³/mol. The molecule has 1 saturated heterocycles. The minimum atomic E-state index is -4.01. The molecule has 2 rings (SSSR count). The van der Waals surface area contributed by atoms with Crippen LogP contribution in [0.3, 0.4) is 0 Å². The van der Waals surface area contributed by atoms with Crippen molar-refractivity contribution < 1.29 is 23.1 Å². The molecule has 1 aromatic rings. The van der Waals surface area contributed by atoms with Crippen molar-refractivity contribution in [3.05, 3.63) is 28.3 Å². The highest BCUT2D eigenvalue weighted by molar-refractivity contribution is 7.89. The molecule has 1 amide bonds. The Morgan fingerprint density at radius 1 is 1.45 bits per heavy atom. The summed E-state index contributed by atoms with van der Waals surface area (Å²) in [6.45, 7) is 3.29. The lowest BCUT2D eigenvalue weighted by atomic mass is 10.1. The number of carbonyl (C=O) groups is 2. The van der Waals surface area contributed by atoms with Gasteiger partial charge in [0.05, 0.1) is 10.5 Å². The number of rotatable bonds is 3. The normalized spacial score (nSPS) is 19.8. The van der Waals surface area contributed by atoms with E-state index in [1.807, 2.05) is 0 Å². The van der Waals surface area contributed by atoms with E-state index in [0.29, 0.717) is 0 Å². The molecule has 7 nitrogen and oxygen atoms in total. The molecule has 0 radical (unpaired) electrons. The van der Waals surface area contributed by atoms with Crippen LogP contribution in [0.25, 0.3) is 0 Å². The highest BCUT2D eigenvalue weighted by atomic mass is 35.5. The molecule has 1 aromatic carbocycles. The molecule has 120 valence electrons. The fraction of sp³-hybridized carbons (Fsp3) is 0.385. The molecule has 0 spiro atoms. The lowest BCUT2D eigenvalue weighted by Crippen LogP contribution is -2.55. The standard InChI is InChI=1S/C13H15ClN2O5S/c1-7-10(13(18)19)5-9(6-11(7)14)22(20,21)16-4-3-15-12(17)8(16)2/h5-6,8H,3-4H2,1-2H3,(H,15,17)(H,18,19). The number of piperazine rings is 1. The second-order valence-electron chi connectivity index (χ2n) is 4.97. The number of nitrogens with one attached hydrogen (secondary N) is 1. The molecule has 0 saturated carbocycles. The van der Waals surface area contributed by atoms with Crippen LogP contribution in [0.5, 0.6) is 0 Å².